The SMILES string of the molecule is CC(C)c1c(-c2ccc3nccnc3c2)nn(C)c1N. The highest BCUT2D eigenvalue weighted by Crippen LogP contribution is 2.33. The predicted octanol–water partition coefficient (Wildman–Crippen LogP) is 2.74. The minimum Gasteiger partial charge on any atom is -0.384 e. The molecule has 0 spiro atoms. The Labute approximate surface area is 117 Å². The van der Waals surface area contributed by atoms with Gasteiger partial charge >= 0.3 is 0 Å². The second kappa shape index (κ2) is 4.59. The van der Waals surface area contributed by atoms with E-state index in [-0.39, 0.29) is 0 Å². The van der Waals surface area contributed by atoms with E-state index < -0.39 is 0 Å². The van der Waals surface area contributed by atoms with E-state index in [1.165, 1.54) is 0 Å². The summed E-state index contributed by atoms with van der Waals surface area (Å²) in [7, 11) is 1.87. The number of fused-ring (bicyclic) bond motifs is 1. The quantitative estimate of drug-likeness (QED) is 0.775. The Morgan fingerprint density at radius 3 is 2.50 bits per heavy atom. The largest absolute Gasteiger partial charge is 0.384 e. The third kappa shape index (κ3) is 1.91. The number of aromatic nitrogens is 4. The Morgan fingerprint density at radius 2 is 1.80 bits per heavy atom. The van der Waals surface area contributed by atoms with E-state index in [1.54, 1.807) is 17.1 Å². The van der Waals surface area contributed by atoms with Gasteiger partial charge in [0.15, 0.2) is 0 Å². The number of nitrogens with zero attached hydrogens (tertiary/aromatic N) is 4. The van der Waals surface area contributed by atoms with E-state index in [9.17, 15) is 0 Å². The van der Waals surface area contributed by atoms with Crippen molar-refractivity contribution in [1.82, 2.24) is 19.7 Å². The van der Waals surface area contributed by atoms with Gasteiger partial charge in [-0.05, 0) is 18.1 Å². The van der Waals surface area contributed by atoms with Gasteiger partial charge in [-0.25, -0.2) is 0 Å². The molecule has 2 N–H and O–H groups in total. The average molecular weight is 267 g/mol. The zero-order valence-electron chi connectivity index (χ0n) is 11.8. The minimum atomic E-state index is 0.316. The molecule has 1 aromatic carbocycles. The first-order valence-corrected chi connectivity index (χ1v) is 6.61. The lowest BCUT2D eigenvalue weighted by atomic mass is 9.98. The van der Waals surface area contributed by atoms with Crippen LogP contribution in [0.5, 0.6) is 0 Å². The summed E-state index contributed by atoms with van der Waals surface area (Å²) in [6.45, 7) is 4.25. The lowest BCUT2D eigenvalue weighted by Gasteiger charge is -2.07. The molecule has 0 atom stereocenters. The Morgan fingerprint density at radius 1 is 1.10 bits per heavy atom. The van der Waals surface area contributed by atoms with Crippen molar-refractivity contribution >= 4 is 16.9 Å². The number of hydrogen-bond donors (Lipinski definition) is 1. The maximum Gasteiger partial charge on any atom is 0.125 e. The van der Waals surface area contributed by atoms with Crippen LogP contribution in [0.15, 0.2) is 30.6 Å². The summed E-state index contributed by atoms with van der Waals surface area (Å²) >= 11 is 0. The van der Waals surface area contributed by atoms with Gasteiger partial charge in [0.2, 0.25) is 0 Å². The lowest BCUT2D eigenvalue weighted by molar-refractivity contribution is 0.780. The fraction of sp³-hybridized carbons (Fsp3) is 0.267. The molecule has 5 nitrogen and oxygen atoms in total. The zero-order chi connectivity index (χ0) is 14.3. The highest BCUT2D eigenvalue weighted by molar-refractivity contribution is 5.82. The van der Waals surface area contributed by atoms with E-state index in [1.807, 2.05) is 25.2 Å². The summed E-state index contributed by atoms with van der Waals surface area (Å²) in [4.78, 5) is 8.63. The molecule has 3 aromatic rings. The van der Waals surface area contributed by atoms with Crippen LogP contribution in [0, 0.1) is 0 Å². The Bertz CT molecular complexity index is 773. The van der Waals surface area contributed by atoms with E-state index >= 15 is 0 Å². The second-order valence-corrected chi connectivity index (χ2v) is 5.19. The number of hydrogen-bond acceptors (Lipinski definition) is 4. The second-order valence-electron chi connectivity index (χ2n) is 5.19. The summed E-state index contributed by atoms with van der Waals surface area (Å²) in [5.41, 5.74) is 10.9. The van der Waals surface area contributed by atoms with E-state index in [0.717, 1.165) is 27.9 Å². The van der Waals surface area contributed by atoms with Gasteiger partial charge in [0, 0.05) is 30.6 Å². The molecule has 5 heteroatoms. The van der Waals surface area contributed by atoms with Gasteiger partial charge in [-0.15, -0.1) is 0 Å². The summed E-state index contributed by atoms with van der Waals surface area (Å²) < 4.78 is 1.73. The molecule has 2 aromatic heterocycles. The van der Waals surface area contributed by atoms with Crippen LogP contribution in [0.25, 0.3) is 22.3 Å². The normalized spacial score (nSPS) is 11.4. The van der Waals surface area contributed by atoms with Crippen LogP contribution in [0.4, 0.5) is 5.82 Å². The average Bonchev–Trinajstić information content (AvgIpc) is 2.74. The van der Waals surface area contributed by atoms with Crippen LogP contribution >= 0.6 is 0 Å². The maximum atomic E-state index is 6.13. The molecule has 0 radical (unpaired) electrons. The van der Waals surface area contributed by atoms with Crippen molar-refractivity contribution in [3.8, 4) is 11.3 Å². The summed E-state index contributed by atoms with van der Waals surface area (Å²) in [6, 6.07) is 5.99. The standard InChI is InChI=1S/C15H17N5/c1-9(2)13-14(19-20(3)15(13)16)10-4-5-11-12(8-10)18-7-6-17-11/h4-9H,16H2,1-3H3. The van der Waals surface area contributed by atoms with Gasteiger partial charge in [0.25, 0.3) is 0 Å². The van der Waals surface area contributed by atoms with Gasteiger partial charge < -0.3 is 5.73 Å². The molecule has 0 fully saturated rings. The maximum absolute atomic E-state index is 6.13. The summed E-state index contributed by atoms with van der Waals surface area (Å²) in [5, 5.41) is 4.55. The van der Waals surface area contributed by atoms with Crippen molar-refractivity contribution in [2.75, 3.05) is 5.73 Å². The van der Waals surface area contributed by atoms with Gasteiger partial charge in [-0.3, -0.25) is 14.6 Å². The highest BCUT2D eigenvalue weighted by Gasteiger charge is 2.18. The monoisotopic (exact) mass is 267 g/mol. The first-order valence-electron chi connectivity index (χ1n) is 6.61. The molecule has 0 aliphatic heterocycles. The number of nitrogens with two attached hydrogens (primary N) is 1. The molecule has 20 heavy (non-hydrogen) atoms. The Kier molecular flexibility index (Phi) is 2.89. The van der Waals surface area contributed by atoms with E-state index in [4.69, 9.17) is 5.73 Å². The van der Waals surface area contributed by atoms with Crippen molar-refractivity contribution in [1.29, 1.82) is 0 Å². The van der Waals surface area contributed by atoms with Crippen LogP contribution in [-0.2, 0) is 7.05 Å². The number of anilines is 1. The van der Waals surface area contributed by atoms with Crippen molar-refractivity contribution in [3.63, 3.8) is 0 Å². The van der Waals surface area contributed by atoms with Crippen molar-refractivity contribution in [2.24, 2.45) is 7.05 Å². The molecule has 3 rings (SSSR count). The van der Waals surface area contributed by atoms with Crippen LogP contribution in [0.3, 0.4) is 0 Å². The van der Waals surface area contributed by atoms with Crippen LogP contribution in [0.2, 0.25) is 0 Å². The topological polar surface area (TPSA) is 69.6 Å². The molecule has 102 valence electrons. The van der Waals surface area contributed by atoms with Gasteiger partial charge in [-0.1, -0.05) is 19.9 Å². The summed E-state index contributed by atoms with van der Waals surface area (Å²) in [6.07, 6.45) is 3.39. The molecular weight excluding hydrogens is 250 g/mol. The van der Waals surface area contributed by atoms with Crippen LogP contribution in [0.1, 0.15) is 25.3 Å². The van der Waals surface area contributed by atoms with Crippen LogP contribution in [-0.4, -0.2) is 19.7 Å². The van der Waals surface area contributed by atoms with Gasteiger partial charge in [0.05, 0.1) is 16.7 Å². The molecule has 2 heterocycles. The molecular formula is C15H17N5. The number of benzene rings is 1. The van der Waals surface area contributed by atoms with Gasteiger partial charge in [-0.2, -0.15) is 5.10 Å². The third-order valence-corrected chi connectivity index (χ3v) is 3.45. The Hall–Kier alpha value is -2.43. The number of rotatable bonds is 2. The Balaban J connectivity index is 2.23. The van der Waals surface area contributed by atoms with Crippen LogP contribution < -0.4 is 5.73 Å². The molecule has 0 bridgehead atoms. The first kappa shape index (κ1) is 12.6. The smallest absolute Gasteiger partial charge is 0.125 e. The lowest BCUT2D eigenvalue weighted by Crippen LogP contribution is -2.00. The highest BCUT2D eigenvalue weighted by atomic mass is 15.3. The predicted molar refractivity (Wildman–Crippen MR) is 80.2 cm³/mol. The fourth-order valence-corrected chi connectivity index (χ4v) is 2.45. The fourth-order valence-electron chi connectivity index (χ4n) is 2.45. The molecule has 0 saturated carbocycles. The zero-order valence-corrected chi connectivity index (χ0v) is 11.8. The minimum absolute atomic E-state index is 0.316. The molecule has 0 amide bonds. The molecule has 0 unspecified atom stereocenters. The van der Waals surface area contributed by atoms with E-state index in [2.05, 4.69) is 28.9 Å². The molecule has 0 aliphatic rings. The number of nitrogen functional groups attached to an aromatic ring is 1. The van der Waals surface area contributed by atoms with Crippen molar-refractivity contribution in [3.05, 3.63) is 36.2 Å². The first-order chi connectivity index (χ1) is 9.58. The number of aryl methyl sites for hydroxylation is 1. The van der Waals surface area contributed by atoms with E-state index in [0.29, 0.717) is 11.7 Å². The van der Waals surface area contributed by atoms with Crippen molar-refractivity contribution < 1.29 is 0 Å². The summed E-state index contributed by atoms with van der Waals surface area (Å²) in [5.74, 6) is 1.03. The van der Waals surface area contributed by atoms with Gasteiger partial charge in [0.1, 0.15) is 5.82 Å². The molecule has 0 saturated heterocycles. The van der Waals surface area contributed by atoms with Crippen molar-refractivity contribution in [2.45, 2.75) is 19.8 Å². The molecule has 0 aliphatic carbocycles. The third-order valence-electron chi connectivity index (χ3n) is 3.45.